The number of nitrogens with two attached hydrogens (primary N) is 1. The zero-order valence-corrected chi connectivity index (χ0v) is 8.28. The molecule has 0 bridgehead atoms. The Morgan fingerprint density at radius 1 is 1.64 bits per heavy atom. The van der Waals surface area contributed by atoms with Gasteiger partial charge in [-0.2, -0.15) is 5.10 Å². The maximum Gasteiger partial charge on any atom is 0.358 e. The highest BCUT2D eigenvalue weighted by Gasteiger charge is 2.29. The molecule has 1 aromatic heterocycles. The fourth-order valence-corrected chi connectivity index (χ4v) is 1.42. The van der Waals surface area contributed by atoms with Crippen molar-refractivity contribution in [3.63, 3.8) is 0 Å². The Morgan fingerprint density at radius 2 is 2.29 bits per heavy atom. The lowest BCUT2D eigenvalue weighted by Gasteiger charge is -1.98. The third-order valence-electron chi connectivity index (χ3n) is 2.47. The van der Waals surface area contributed by atoms with Crippen molar-refractivity contribution in [2.45, 2.75) is 25.8 Å². The lowest BCUT2D eigenvalue weighted by Crippen LogP contribution is -2.05. The van der Waals surface area contributed by atoms with Gasteiger partial charge in [0.2, 0.25) is 0 Å². The van der Waals surface area contributed by atoms with Crippen LogP contribution in [0.4, 0.5) is 5.82 Å². The monoisotopic (exact) mass is 195 g/mol. The summed E-state index contributed by atoms with van der Waals surface area (Å²) >= 11 is 0. The van der Waals surface area contributed by atoms with Gasteiger partial charge in [0.05, 0.1) is 13.2 Å². The first kappa shape index (κ1) is 9.05. The Labute approximate surface area is 81.8 Å². The molecule has 1 aliphatic rings. The molecule has 1 heterocycles. The number of hydrogen-bond donors (Lipinski definition) is 1. The number of rotatable bonds is 2. The van der Waals surface area contributed by atoms with Gasteiger partial charge >= 0.3 is 5.97 Å². The molecule has 76 valence electrons. The van der Waals surface area contributed by atoms with Gasteiger partial charge in [0, 0.05) is 5.56 Å². The third kappa shape index (κ3) is 1.25. The summed E-state index contributed by atoms with van der Waals surface area (Å²) in [6.07, 6.45) is 2.18. The second-order valence-electron chi connectivity index (χ2n) is 3.53. The molecule has 0 aromatic carbocycles. The Kier molecular flexibility index (Phi) is 1.94. The Morgan fingerprint density at radius 3 is 2.79 bits per heavy atom. The van der Waals surface area contributed by atoms with Gasteiger partial charge in [-0.15, -0.1) is 0 Å². The molecule has 2 rings (SSSR count). The summed E-state index contributed by atoms with van der Waals surface area (Å²) in [6.45, 7) is 1.79. The molecular formula is C9H13N3O2. The molecule has 2 N–H and O–H groups in total. The minimum absolute atomic E-state index is 0.330. The zero-order valence-electron chi connectivity index (χ0n) is 8.28. The Balaban J connectivity index is 2.41. The second-order valence-corrected chi connectivity index (χ2v) is 3.53. The average Bonchev–Trinajstić information content (AvgIpc) is 2.97. The zero-order chi connectivity index (χ0) is 10.3. The summed E-state index contributed by atoms with van der Waals surface area (Å²) in [7, 11) is 1.34. The predicted octanol–water partition coefficient (Wildman–Crippen LogP) is 0.895. The van der Waals surface area contributed by atoms with Crippen LogP contribution in [-0.2, 0) is 4.74 Å². The molecule has 1 fully saturated rings. The van der Waals surface area contributed by atoms with Gasteiger partial charge in [-0.25, -0.2) is 9.48 Å². The van der Waals surface area contributed by atoms with E-state index in [1.54, 1.807) is 11.6 Å². The Hall–Kier alpha value is -1.52. The Bertz CT molecular complexity index is 380. The van der Waals surface area contributed by atoms with Crippen molar-refractivity contribution in [2.75, 3.05) is 12.8 Å². The van der Waals surface area contributed by atoms with Crippen molar-refractivity contribution in [2.24, 2.45) is 0 Å². The van der Waals surface area contributed by atoms with Crippen LogP contribution in [0.1, 0.15) is 34.9 Å². The highest BCUT2D eigenvalue weighted by atomic mass is 16.5. The number of anilines is 1. The van der Waals surface area contributed by atoms with E-state index >= 15 is 0 Å². The normalized spacial score (nSPS) is 15.6. The van der Waals surface area contributed by atoms with Crippen LogP contribution in [0.5, 0.6) is 0 Å². The number of aromatic nitrogens is 2. The van der Waals surface area contributed by atoms with Gasteiger partial charge in [0.15, 0.2) is 5.69 Å². The topological polar surface area (TPSA) is 70.1 Å². The number of nitrogens with zero attached hydrogens (tertiary/aromatic N) is 2. The largest absolute Gasteiger partial charge is 0.464 e. The summed E-state index contributed by atoms with van der Waals surface area (Å²) < 4.78 is 6.34. The van der Waals surface area contributed by atoms with Crippen molar-refractivity contribution < 1.29 is 9.53 Å². The van der Waals surface area contributed by atoms with Crippen molar-refractivity contribution >= 4 is 11.8 Å². The van der Waals surface area contributed by atoms with Crippen molar-refractivity contribution in [3.8, 4) is 0 Å². The first-order valence-electron chi connectivity index (χ1n) is 4.58. The molecule has 5 nitrogen and oxygen atoms in total. The van der Waals surface area contributed by atoms with E-state index in [4.69, 9.17) is 5.73 Å². The standard InChI is InChI=1S/C9H13N3O2/c1-5-7(9(13)14-2)11-12(8(5)10)6-3-4-6/h6H,3-4,10H2,1-2H3. The van der Waals surface area contributed by atoms with Gasteiger partial charge in [-0.1, -0.05) is 0 Å². The molecule has 0 spiro atoms. The van der Waals surface area contributed by atoms with E-state index < -0.39 is 5.97 Å². The summed E-state index contributed by atoms with van der Waals surface area (Å²) in [5, 5.41) is 4.16. The molecular weight excluding hydrogens is 182 g/mol. The molecule has 1 saturated carbocycles. The maximum atomic E-state index is 11.3. The summed E-state index contributed by atoms with van der Waals surface area (Å²) in [4.78, 5) is 11.3. The first-order chi connectivity index (χ1) is 6.65. The quantitative estimate of drug-likeness (QED) is 0.711. The summed E-state index contributed by atoms with van der Waals surface area (Å²) in [6, 6.07) is 0.382. The number of ether oxygens (including phenoxy) is 1. The molecule has 14 heavy (non-hydrogen) atoms. The number of nitrogen functional groups attached to an aromatic ring is 1. The van der Waals surface area contributed by atoms with Crippen LogP contribution in [-0.4, -0.2) is 22.9 Å². The fourth-order valence-electron chi connectivity index (χ4n) is 1.42. The second kappa shape index (κ2) is 3.01. The van der Waals surface area contributed by atoms with Crippen LogP contribution in [0, 0.1) is 6.92 Å². The maximum absolute atomic E-state index is 11.3. The van der Waals surface area contributed by atoms with Crippen LogP contribution in [0.25, 0.3) is 0 Å². The minimum Gasteiger partial charge on any atom is -0.464 e. The number of carbonyl (C=O) groups excluding carboxylic acids is 1. The van der Waals surface area contributed by atoms with Crippen LogP contribution in [0.15, 0.2) is 0 Å². The van der Waals surface area contributed by atoms with Gasteiger partial charge in [0.1, 0.15) is 5.82 Å². The molecule has 5 heteroatoms. The molecule has 0 unspecified atom stereocenters. The van der Waals surface area contributed by atoms with E-state index in [0.29, 0.717) is 23.1 Å². The van der Waals surface area contributed by atoms with Gasteiger partial charge in [0.25, 0.3) is 0 Å². The van der Waals surface area contributed by atoms with Crippen molar-refractivity contribution in [1.29, 1.82) is 0 Å². The molecule has 1 aromatic rings. The first-order valence-corrected chi connectivity index (χ1v) is 4.58. The minimum atomic E-state index is -0.423. The fraction of sp³-hybridized carbons (Fsp3) is 0.556. The molecule has 0 aliphatic heterocycles. The molecule has 1 aliphatic carbocycles. The molecule has 0 amide bonds. The molecule has 0 atom stereocenters. The number of esters is 1. The smallest absolute Gasteiger partial charge is 0.358 e. The summed E-state index contributed by atoms with van der Waals surface area (Å²) in [5.74, 6) is 0.154. The van der Waals surface area contributed by atoms with Gasteiger partial charge in [-0.05, 0) is 19.8 Å². The lowest BCUT2D eigenvalue weighted by molar-refractivity contribution is 0.0592. The number of methoxy groups -OCH3 is 1. The third-order valence-corrected chi connectivity index (χ3v) is 2.47. The highest BCUT2D eigenvalue weighted by molar-refractivity contribution is 5.90. The van der Waals surface area contributed by atoms with Crippen LogP contribution in [0.3, 0.4) is 0 Å². The van der Waals surface area contributed by atoms with Crippen molar-refractivity contribution in [3.05, 3.63) is 11.3 Å². The average molecular weight is 195 g/mol. The molecule has 0 saturated heterocycles. The van der Waals surface area contributed by atoms with E-state index in [0.717, 1.165) is 12.8 Å². The van der Waals surface area contributed by atoms with E-state index in [1.807, 2.05) is 0 Å². The SMILES string of the molecule is COC(=O)c1nn(C2CC2)c(N)c1C. The van der Waals surface area contributed by atoms with E-state index in [-0.39, 0.29) is 0 Å². The summed E-state index contributed by atoms with van der Waals surface area (Å²) in [5.41, 5.74) is 6.87. The van der Waals surface area contributed by atoms with Crippen molar-refractivity contribution in [1.82, 2.24) is 9.78 Å². The lowest BCUT2D eigenvalue weighted by atomic mass is 10.2. The van der Waals surface area contributed by atoms with Crippen LogP contribution >= 0.6 is 0 Å². The predicted molar refractivity (Wildman–Crippen MR) is 51.0 cm³/mol. The van der Waals surface area contributed by atoms with E-state index in [9.17, 15) is 4.79 Å². The van der Waals surface area contributed by atoms with Gasteiger partial charge < -0.3 is 10.5 Å². The van der Waals surface area contributed by atoms with E-state index in [2.05, 4.69) is 9.84 Å². The van der Waals surface area contributed by atoms with E-state index in [1.165, 1.54) is 7.11 Å². The molecule has 0 radical (unpaired) electrons. The van der Waals surface area contributed by atoms with Crippen LogP contribution in [0.2, 0.25) is 0 Å². The van der Waals surface area contributed by atoms with Gasteiger partial charge in [-0.3, -0.25) is 0 Å². The highest BCUT2D eigenvalue weighted by Crippen LogP contribution is 2.37. The number of hydrogen-bond acceptors (Lipinski definition) is 4. The van der Waals surface area contributed by atoms with Crippen LogP contribution < -0.4 is 5.73 Å². The number of carbonyl (C=O) groups is 1.